The van der Waals surface area contributed by atoms with Gasteiger partial charge in [0.05, 0.1) is 18.9 Å². The number of benzene rings is 1. The van der Waals surface area contributed by atoms with E-state index in [-0.39, 0.29) is 12.6 Å². The molecule has 0 radical (unpaired) electrons. The van der Waals surface area contributed by atoms with Crippen LogP contribution in [0.15, 0.2) is 24.3 Å². The fourth-order valence-corrected chi connectivity index (χ4v) is 3.21. The van der Waals surface area contributed by atoms with Gasteiger partial charge in [-0.15, -0.1) is 0 Å². The van der Waals surface area contributed by atoms with E-state index < -0.39 is 17.6 Å². The van der Waals surface area contributed by atoms with Gasteiger partial charge in [-0.1, -0.05) is 12.1 Å². The lowest BCUT2D eigenvalue weighted by Gasteiger charge is -2.21. The second-order valence-corrected chi connectivity index (χ2v) is 6.26. The SMILES string of the molecule is CCOc1ccccc1NC(=O)C(=O)NCC1COC2(CCCC2)O1. The maximum atomic E-state index is 12.1. The lowest BCUT2D eigenvalue weighted by Crippen LogP contribution is -2.40. The summed E-state index contributed by atoms with van der Waals surface area (Å²) in [6.07, 6.45) is 3.77. The third kappa shape index (κ3) is 4.29. The summed E-state index contributed by atoms with van der Waals surface area (Å²) in [5.41, 5.74) is 0.467. The van der Waals surface area contributed by atoms with Crippen molar-refractivity contribution in [3.05, 3.63) is 24.3 Å². The van der Waals surface area contributed by atoms with Gasteiger partial charge in [0.25, 0.3) is 0 Å². The Balaban J connectivity index is 1.48. The van der Waals surface area contributed by atoms with Crippen molar-refractivity contribution in [3.63, 3.8) is 0 Å². The second-order valence-electron chi connectivity index (χ2n) is 6.26. The van der Waals surface area contributed by atoms with E-state index in [1.165, 1.54) is 0 Å². The second kappa shape index (κ2) is 7.84. The minimum Gasteiger partial charge on any atom is -0.492 e. The smallest absolute Gasteiger partial charge is 0.313 e. The molecule has 1 aromatic rings. The Labute approximate surface area is 147 Å². The van der Waals surface area contributed by atoms with Crippen molar-refractivity contribution in [2.45, 2.75) is 44.5 Å². The van der Waals surface area contributed by atoms with E-state index in [1.54, 1.807) is 24.3 Å². The van der Waals surface area contributed by atoms with Crippen LogP contribution >= 0.6 is 0 Å². The Hall–Kier alpha value is -2.12. The summed E-state index contributed by atoms with van der Waals surface area (Å²) in [7, 11) is 0. The summed E-state index contributed by atoms with van der Waals surface area (Å²) >= 11 is 0. The fourth-order valence-electron chi connectivity index (χ4n) is 3.21. The lowest BCUT2D eigenvalue weighted by atomic mass is 10.2. The zero-order valence-electron chi connectivity index (χ0n) is 14.4. The number of para-hydroxylation sites is 2. The number of nitrogens with one attached hydrogen (secondary N) is 2. The average molecular weight is 348 g/mol. The molecule has 136 valence electrons. The molecule has 1 saturated heterocycles. The van der Waals surface area contributed by atoms with E-state index >= 15 is 0 Å². The van der Waals surface area contributed by atoms with Gasteiger partial charge in [-0.05, 0) is 31.9 Å². The van der Waals surface area contributed by atoms with Crippen LogP contribution in [0.4, 0.5) is 5.69 Å². The quantitative estimate of drug-likeness (QED) is 0.793. The van der Waals surface area contributed by atoms with Crippen molar-refractivity contribution in [1.82, 2.24) is 5.32 Å². The molecular formula is C18H24N2O5. The Morgan fingerprint density at radius 3 is 2.76 bits per heavy atom. The molecule has 1 spiro atoms. The van der Waals surface area contributed by atoms with E-state index in [0.29, 0.717) is 24.7 Å². The van der Waals surface area contributed by atoms with Crippen LogP contribution in [0, 0.1) is 0 Å². The predicted molar refractivity (Wildman–Crippen MR) is 91.3 cm³/mol. The Morgan fingerprint density at radius 1 is 1.24 bits per heavy atom. The minimum absolute atomic E-state index is 0.217. The third-order valence-corrected chi connectivity index (χ3v) is 4.41. The summed E-state index contributed by atoms with van der Waals surface area (Å²) in [5.74, 6) is -1.38. The standard InChI is InChI=1S/C18H24N2O5/c1-2-23-15-8-4-3-7-14(15)20-17(22)16(21)19-11-13-12-24-18(25-13)9-5-6-10-18/h3-4,7-8,13H,2,5-6,9-12H2,1H3,(H,19,21)(H,20,22). The van der Waals surface area contributed by atoms with Crippen molar-refractivity contribution in [1.29, 1.82) is 0 Å². The van der Waals surface area contributed by atoms with Gasteiger partial charge in [0.15, 0.2) is 5.79 Å². The molecule has 2 N–H and O–H groups in total. The van der Waals surface area contributed by atoms with Crippen LogP contribution in [0.3, 0.4) is 0 Å². The molecule has 0 aromatic heterocycles. The number of amides is 2. The van der Waals surface area contributed by atoms with Crippen LogP contribution in [0.25, 0.3) is 0 Å². The molecule has 25 heavy (non-hydrogen) atoms. The molecule has 1 unspecified atom stereocenters. The van der Waals surface area contributed by atoms with E-state index in [9.17, 15) is 9.59 Å². The summed E-state index contributed by atoms with van der Waals surface area (Å²) in [5, 5.41) is 5.18. The van der Waals surface area contributed by atoms with Crippen LogP contribution in [-0.2, 0) is 19.1 Å². The van der Waals surface area contributed by atoms with E-state index in [1.807, 2.05) is 6.92 Å². The van der Waals surface area contributed by atoms with Crippen molar-refractivity contribution in [2.75, 3.05) is 25.1 Å². The number of hydrogen-bond donors (Lipinski definition) is 2. The first-order valence-electron chi connectivity index (χ1n) is 8.75. The topological polar surface area (TPSA) is 85.9 Å². The zero-order chi connectivity index (χ0) is 17.7. The highest BCUT2D eigenvalue weighted by atomic mass is 16.7. The Bertz CT molecular complexity index is 628. The lowest BCUT2D eigenvalue weighted by molar-refractivity contribution is -0.161. The molecule has 1 aliphatic carbocycles. The zero-order valence-corrected chi connectivity index (χ0v) is 14.4. The van der Waals surface area contributed by atoms with E-state index in [2.05, 4.69) is 10.6 Å². The normalized spacial score (nSPS) is 21.2. The first kappa shape index (κ1) is 17.7. The molecular weight excluding hydrogens is 324 g/mol. The molecule has 7 nitrogen and oxygen atoms in total. The Kier molecular flexibility index (Phi) is 5.55. The highest BCUT2D eigenvalue weighted by molar-refractivity contribution is 6.39. The first-order chi connectivity index (χ1) is 12.1. The maximum absolute atomic E-state index is 12.1. The average Bonchev–Trinajstić information content (AvgIpc) is 3.24. The largest absolute Gasteiger partial charge is 0.492 e. The van der Waals surface area contributed by atoms with Gasteiger partial charge in [-0.3, -0.25) is 9.59 Å². The molecule has 3 rings (SSSR count). The summed E-state index contributed by atoms with van der Waals surface area (Å²) < 4.78 is 17.1. The van der Waals surface area contributed by atoms with Gasteiger partial charge in [0, 0.05) is 19.4 Å². The molecule has 1 aromatic carbocycles. The first-order valence-corrected chi connectivity index (χ1v) is 8.75. The predicted octanol–water partition coefficient (Wildman–Crippen LogP) is 1.83. The number of hydrogen-bond acceptors (Lipinski definition) is 5. The molecule has 2 amide bonds. The van der Waals surface area contributed by atoms with Gasteiger partial charge in [0.2, 0.25) is 0 Å². The molecule has 1 heterocycles. The van der Waals surface area contributed by atoms with Gasteiger partial charge in [0.1, 0.15) is 11.9 Å². The monoisotopic (exact) mass is 348 g/mol. The molecule has 2 aliphatic rings. The highest BCUT2D eigenvalue weighted by Gasteiger charge is 2.43. The van der Waals surface area contributed by atoms with Crippen molar-refractivity contribution < 1.29 is 23.8 Å². The molecule has 1 aliphatic heterocycles. The molecule has 2 fully saturated rings. The summed E-state index contributed by atoms with van der Waals surface area (Å²) in [6, 6.07) is 6.99. The van der Waals surface area contributed by atoms with Crippen LogP contribution in [0.1, 0.15) is 32.6 Å². The molecule has 1 saturated carbocycles. The van der Waals surface area contributed by atoms with Crippen LogP contribution in [0.5, 0.6) is 5.75 Å². The van der Waals surface area contributed by atoms with Gasteiger partial charge in [-0.2, -0.15) is 0 Å². The number of ether oxygens (including phenoxy) is 3. The maximum Gasteiger partial charge on any atom is 0.313 e. The fraction of sp³-hybridized carbons (Fsp3) is 0.556. The number of carbonyl (C=O) groups excluding carboxylic acids is 2. The molecule has 7 heteroatoms. The van der Waals surface area contributed by atoms with Crippen LogP contribution < -0.4 is 15.4 Å². The summed E-state index contributed by atoms with van der Waals surface area (Å²) in [6.45, 7) is 3.02. The van der Waals surface area contributed by atoms with Crippen molar-refractivity contribution in [2.24, 2.45) is 0 Å². The van der Waals surface area contributed by atoms with Gasteiger partial charge < -0.3 is 24.8 Å². The van der Waals surface area contributed by atoms with Gasteiger partial charge >= 0.3 is 11.8 Å². The van der Waals surface area contributed by atoms with Crippen molar-refractivity contribution in [3.8, 4) is 5.75 Å². The third-order valence-electron chi connectivity index (χ3n) is 4.41. The highest BCUT2D eigenvalue weighted by Crippen LogP contribution is 2.38. The number of carbonyl (C=O) groups is 2. The molecule has 1 atom stereocenters. The van der Waals surface area contributed by atoms with E-state index in [4.69, 9.17) is 14.2 Å². The van der Waals surface area contributed by atoms with Crippen molar-refractivity contribution >= 4 is 17.5 Å². The molecule has 0 bridgehead atoms. The minimum atomic E-state index is -0.735. The summed E-state index contributed by atoms with van der Waals surface area (Å²) in [4.78, 5) is 24.1. The Morgan fingerprint density at radius 2 is 2.00 bits per heavy atom. The number of rotatable bonds is 5. The van der Waals surface area contributed by atoms with Crippen LogP contribution in [0.2, 0.25) is 0 Å². The van der Waals surface area contributed by atoms with Gasteiger partial charge in [-0.25, -0.2) is 0 Å². The number of anilines is 1. The van der Waals surface area contributed by atoms with E-state index in [0.717, 1.165) is 25.7 Å². The van der Waals surface area contributed by atoms with Crippen LogP contribution in [-0.4, -0.2) is 43.5 Å².